The third-order valence-electron chi connectivity index (χ3n) is 3.61. The van der Waals surface area contributed by atoms with Gasteiger partial charge in [0.15, 0.2) is 0 Å². The van der Waals surface area contributed by atoms with Crippen LogP contribution in [0, 0.1) is 0 Å². The lowest BCUT2D eigenvalue weighted by Gasteiger charge is -2.16. The van der Waals surface area contributed by atoms with Crippen molar-refractivity contribution < 1.29 is 0 Å². The molecule has 0 saturated carbocycles. The lowest BCUT2D eigenvalue weighted by Crippen LogP contribution is -2.13. The molecule has 0 amide bonds. The summed E-state index contributed by atoms with van der Waals surface area (Å²) in [5, 5.41) is 0. The number of halogens is 1. The van der Waals surface area contributed by atoms with Crippen LogP contribution in [0.1, 0.15) is 31.0 Å². The first-order chi connectivity index (χ1) is 9.18. The van der Waals surface area contributed by atoms with Crippen molar-refractivity contribution in [3.63, 3.8) is 0 Å². The molecule has 0 aliphatic heterocycles. The second kappa shape index (κ2) is 7.88. The van der Waals surface area contributed by atoms with Gasteiger partial charge in [-0.1, -0.05) is 71.8 Å². The summed E-state index contributed by atoms with van der Waals surface area (Å²) in [6, 6.07) is 20.8. The van der Waals surface area contributed by atoms with Gasteiger partial charge in [-0.25, -0.2) is 0 Å². The van der Waals surface area contributed by atoms with Gasteiger partial charge in [-0.05, 0) is 31.4 Å². The summed E-state index contributed by atoms with van der Waals surface area (Å²) in [5.74, 6) is 0. The summed E-state index contributed by atoms with van der Waals surface area (Å²) in [6.45, 7) is 4.31. The molecule has 0 spiro atoms. The number of hydrogen-bond acceptors (Lipinski definition) is 1. The maximum Gasteiger partial charge on any atom is 0.0510 e. The van der Waals surface area contributed by atoms with E-state index in [0.717, 1.165) is 6.42 Å². The Balaban J connectivity index is 0.00000200. The van der Waals surface area contributed by atoms with Crippen molar-refractivity contribution in [3.8, 4) is 0 Å². The molecule has 2 rings (SSSR count). The van der Waals surface area contributed by atoms with Gasteiger partial charge in [-0.3, -0.25) is 0 Å². The molecular formula is C18H22ClN. The van der Waals surface area contributed by atoms with Gasteiger partial charge in [-0.15, -0.1) is 12.4 Å². The third kappa shape index (κ3) is 4.22. The first kappa shape index (κ1) is 16.5. The van der Waals surface area contributed by atoms with E-state index in [1.807, 2.05) is 24.3 Å². The van der Waals surface area contributed by atoms with Crippen LogP contribution in [-0.2, 0) is 6.42 Å². The fraction of sp³-hybridized carbons (Fsp3) is 0.222. The summed E-state index contributed by atoms with van der Waals surface area (Å²) in [7, 11) is 0. The molecule has 1 unspecified atom stereocenters. The maximum absolute atomic E-state index is 6.34. The Hall–Kier alpha value is -1.57. The largest absolute Gasteiger partial charge is 0.321 e. The van der Waals surface area contributed by atoms with Crippen LogP contribution in [0.15, 0.2) is 71.8 Å². The molecule has 0 heterocycles. The summed E-state index contributed by atoms with van der Waals surface area (Å²) in [6.07, 6.45) is 0.965. The topological polar surface area (TPSA) is 26.0 Å². The minimum absolute atomic E-state index is 0. The molecule has 0 fully saturated rings. The average Bonchev–Trinajstić information content (AvgIpc) is 2.47. The predicted molar refractivity (Wildman–Crippen MR) is 89.1 cm³/mol. The highest BCUT2D eigenvalue weighted by molar-refractivity contribution is 5.85. The zero-order chi connectivity index (χ0) is 13.7. The molecule has 1 atom stereocenters. The van der Waals surface area contributed by atoms with Crippen molar-refractivity contribution in [3.05, 3.63) is 82.9 Å². The van der Waals surface area contributed by atoms with Crippen molar-refractivity contribution in [2.45, 2.75) is 26.3 Å². The Bertz CT molecular complexity index is 546. The third-order valence-corrected chi connectivity index (χ3v) is 3.61. The average molecular weight is 288 g/mol. The fourth-order valence-corrected chi connectivity index (χ4v) is 2.22. The normalized spacial score (nSPS) is 13.2. The molecular weight excluding hydrogens is 266 g/mol. The lowest BCUT2D eigenvalue weighted by molar-refractivity contribution is 0.821. The molecule has 0 bridgehead atoms. The van der Waals surface area contributed by atoms with E-state index in [9.17, 15) is 0 Å². The van der Waals surface area contributed by atoms with E-state index in [-0.39, 0.29) is 18.4 Å². The highest BCUT2D eigenvalue weighted by Gasteiger charge is 2.10. The minimum Gasteiger partial charge on any atom is -0.321 e. The number of rotatable bonds is 4. The van der Waals surface area contributed by atoms with Gasteiger partial charge >= 0.3 is 0 Å². The Labute approximate surface area is 127 Å². The Morgan fingerprint density at radius 1 is 0.900 bits per heavy atom. The van der Waals surface area contributed by atoms with Crippen molar-refractivity contribution in [1.29, 1.82) is 0 Å². The van der Waals surface area contributed by atoms with E-state index in [1.54, 1.807) is 0 Å². The van der Waals surface area contributed by atoms with Gasteiger partial charge < -0.3 is 5.73 Å². The lowest BCUT2D eigenvalue weighted by atomic mass is 9.94. The molecule has 2 N–H and O–H groups in total. The van der Waals surface area contributed by atoms with E-state index >= 15 is 0 Å². The first-order valence-corrected chi connectivity index (χ1v) is 6.69. The molecule has 20 heavy (non-hydrogen) atoms. The first-order valence-electron chi connectivity index (χ1n) is 6.69. The van der Waals surface area contributed by atoms with E-state index in [1.165, 1.54) is 22.3 Å². The predicted octanol–water partition coefficient (Wildman–Crippen LogP) is 4.69. The minimum atomic E-state index is -0.00934. The maximum atomic E-state index is 6.34. The highest BCUT2D eigenvalue weighted by Crippen LogP contribution is 2.23. The molecule has 2 aromatic carbocycles. The Morgan fingerprint density at radius 3 is 1.95 bits per heavy atom. The van der Waals surface area contributed by atoms with Gasteiger partial charge in [0, 0.05) is 0 Å². The Morgan fingerprint density at radius 2 is 1.40 bits per heavy atom. The monoisotopic (exact) mass is 287 g/mol. The van der Waals surface area contributed by atoms with E-state index in [4.69, 9.17) is 5.73 Å². The van der Waals surface area contributed by atoms with Crippen LogP contribution in [0.5, 0.6) is 0 Å². The SMILES string of the molecule is CC(Cc1ccccc1)=C(C)C(N)c1ccccc1.Cl. The van der Waals surface area contributed by atoms with Crippen LogP contribution in [0.4, 0.5) is 0 Å². The standard InChI is InChI=1S/C18H21N.ClH/c1-14(13-16-9-5-3-6-10-16)15(2)18(19)17-11-7-4-8-12-17;/h3-12,18H,13,19H2,1-2H3;1H. The molecule has 0 saturated heterocycles. The van der Waals surface area contributed by atoms with Crippen molar-refractivity contribution in [1.82, 2.24) is 0 Å². The van der Waals surface area contributed by atoms with E-state index in [2.05, 4.69) is 50.2 Å². The van der Waals surface area contributed by atoms with Crippen molar-refractivity contribution >= 4 is 12.4 Å². The second-order valence-electron chi connectivity index (χ2n) is 5.01. The second-order valence-corrected chi connectivity index (χ2v) is 5.01. The number of hydrogen-bond donors (Lipinski definition) is 1. The number of allylic oxidation sites excluding steroid dienone is 1. The molecule has 2 heteroatoms. The van der Waals surface area contributed by atoms with Gasteiger partial charge in [0.05, 0.1) is 6.04 Å². The molecule has 2 aromatic rings. The van der Waals surface area contributed by atoms with Crippen LogP contribution < -0.4 is 5.73 Å². The van der Waals surface area contributed by atoms with Crippen molar-refractivity contribution in [2.24, 2.45) is 5.73 Å². The van der Waals surface area contributed by atoms with E-state index < -0.39 is 0 Å². The smallest absolute Gasteiger partial charge is 0.0510 e. The fourth-order valence-electron chi connectivity index (χ4n) is 2.22. The van der Waals surface area contributed by atoms with Crippen LogP contribution in [0.2, 0.25) is 0 Å². The highest BCUT2D eigenvalue weighted by atomic mass is 35.5. The number of benzene rings is 2. The zero-order valence-corrected chi connectivity index (χ0v) is 12.9. The van der Waals surface area contributed by atoms with Crippen LogP contribution in [-0.4, -0.2) is 0 Å². The Kier molecular flexibility index (Phi) is 6.50. The zero-order valence-electron chi connectivity index (χ0n) is 12.0. The molecule has 0 radical (unpaired) electrons. The molecule has 106 valence electrons. The molecule has 0 aliphatic rings. The van der Waals surface area contributed by atoms with Crippen LogP contribution >= 0.6 is 12.4 Å². The summed E-state index contributed by atoms with van der Waals surface area (Å²) < 4.78 is 0. The van der Waals surface area contributed by atoms with E-state index in [0.29, 0.717) is 0 Å². The van der Waals surface area contributed by atoms with Crippen LogP contribution in [0.3, 0.4) is 0 Å². The molecule has 0 aliphatic carbocycles. The summed E-state index contributed by atoms with van der Waals surface area (Å²) in [4.78, 5) is 0. The quantitative estimate of drug-likeness (QED) is 0.811. The van der Waals surface area contributed by atoms with Gasteiger partial charge in [0.25, 0.3) is 0 Å². The molecule has 1 nitrogen and oxygen atoms in total. The molecule has 0 aromatic heterocycles. The van der Waals surface area contributed by atoms with Gasteiger partial charge in [0.2, 0.25) is 0 Å². The van der Waals surface area contributed by atoms with Gasteiger partial charge in [-0.2, -0.15) is 0 Å². The summed E-state index contributed by atoms with van der Waals surface area (Å²) in [5.41, 5.74) is 11.5. The van der Waals surface area contributed by atoms with Crippen LogP contribution in [0.25, 0.3) is 0 Å². The number of nitrogens with two attached hydrogens (primary N) is 1. The van der Waals surface area contributed by atoms with Gasteiger partial charge in [0.1, 0.15) is 0 Å². The van der Waals surface area contributed by atoms with Crippen molar-refractivity contribution in [2.75, 3.05) is 0 Å². The summed E-state index contributed by atoms with van der Waals surface area (Å²) >= 11 is 0.